The lowest BCUT2D eigenvalue weighted by molar-refractivity contribution is -0.123. The number of amides is 2. The molecule has 0 aliphatic carbocycles. The van der Waals surface area contributed by atoms with Crippen LogP contribution in [0.4, 0.5) is 4.79 Å². The van der Waals surface area contributed by atoms with Gasteiger partial charge in [-0.25, -0.2) is 9.59 Å². The third-order valence-electron chi connectivity index (χ3n) is 3.88. The highest BCUT2D eigenvalue weighted by Gasteiger charge is 2.21. The first kappa shape index (κ1) is 20.8. The van der Waals surface area contributed by atoms with Crippen molar-refractivity contribution in [3.05, 3.63) is 70.3 Å². The van der Waals surface area contributed by atoms with Crippen LogP contribution in [-0.4, -0.2) is 37.0 Å². The molecular formula is C21H21NO6. The Bertz CT molecular complexity index is 919. The maximum absolute atomic E-state index is 13.0. The van der Waals surface area contributed by atoms with Crippen molar-refractivity contribution in [1.29, 1.82) is 0 Å². The zero-order valence-corrected chi connectivity index (χ0v) is 15.9. The molecule has 146 valence electrons. The summed E-state index contributed by atoms with van der Waals surface area (Å²) < 4.78 is 9.51. The zero-order valence-electron chi connectivity index (χ0n) is 15.9. The lowest BCUT2D eigenvalue weighted by Gasteiger charge is -2.11. The number of benzene rings is 2. The monoisotopic (exact) mass is 383 g/mol. The van der Waals surface area contributed by atoms with Crippen LogP contribution >= 0.6 is 0 Å². The Balaban J connectivity index is 2.16. The van der Waals surface area contributed by atoms with Crippen LogP contribution in [0, 0.1) is 13.8 Å². The van der Waals surface area contributed by atoms with Gasteiger partial charge in [0.05, 0.1) is 12.2 Å². The summed E-state index contributed by atoms with van der Waals surface area (Å²) in [7, 11) is 0. The maximum atomic E-state index is 13.0. The van der Waals surface area contributed by atoms with E-state index in [0.29, 0.717) is 5.56 Å². The molecule has 0 radical (unpaired) electrons. The summed E-state index contributed by atoms with van der Waals surface area (Å²) in [6, 6.07) is 11.7. The van der Waals surface area contributed by atoms with Gasteiger partial charge in [-0.3, -0.25) is 14.9 Å². The molecule has 2 rings (SSSR count). The summed E-state index contributed by atoms with van der Waals surface area (Å²) in [6.45, 7) is 4.70. The Kier molecular flexibility index (Phi) is 7.03. The van der Waals surface area contributed by atoms with E-state index in [1.54, 1.807) is 25.1 Å². The number of nitrogens with one attached hydrogen (secondary N) is 1. The topological polar surface area (TPSA) is 98.8 Å². The van der Waals surface area contributed by atoms with E-state index in [2.05, 4.69) is 4.74 Å². The molecule has 2 aromatic rings. The van der Waals surface area contributed by atoms with E-state index in [-0.39, 0.29) is 23.5 Å². The third-order valence-corrected chi connectivity index (χ3v) is 3.88. The van der Waals surface area contributed by atoms with Gasteiger partial charge in [0.1, 0.15) is 0 Å². The van der Waals surface area contributed by atoms with Crippen LogP contribution in [0.25, 0.3) is 0 Å². The van der Waals surface area contributed by atoms with E-state index < -0.39 is 24.6 Å². The summed E-state index contributed by atoms with van der Waals surface area (Å²) in [4.78, 5) is 48.2. The Labute approximate surface area is 162 Å². The predicted octanol–water partition coefficient (Wildman–Crippen LogP) is 2.96. The van der Waals surface area contributed by atoms with Gasteiger partial charge in [-0.2, -0.15) is 0 Å². The van der Waals surface area contributed by atoms with E-state index in [4.69, 9.17) is 4.74 Å². The summed E-state index contributed by atoms with van der Waals surface area (Å²) in [5.74, 6) is -1.98. The number of esters is 1. The first-order chi connectivity index (χ1) is 13.3. The average molecular weight is 383 g/mol. The van der Waals surface area contributed by atoms with Crippen LogP contribution in [0.3, 0.4) is 0 Å². The molecular weight excluding hydrogens is 362 g/mol. The predicted molar refractivity (Wildman–Crippen MR) is 101 cm³/mol. The smallest absolute Gasteiger partial charge is 0.413 e. The number of ketones is 1. The van der Waals surface area contributed by atoms with E-state index in [1.165, 1.54) is 12.1 Å². The van der Waals surface area contributed by atoms with Gasteiger partial charge >= 0.3 is 12.1 Å². The molecule has 0 spiro atoms. The van der Waals surface area contributed by atoms with Gasteiger partial charge in [-0.15, -0.1) is 0 Å². The molecule has 7 nitrogen and oxygen atoms in total. The minimum absolute atomic E-state index is 0.0392. The molecule has 2 amide bonds. The van der Waals surface area contributed by atoms with Crippen LogP contribution < -0.4 is 5.32 Å². The number of aryl methyl sites for hydroxylation is 2. The molecule has 2 aromatic carbocycles. The largest absolute Gasteiger partial charge is 0.452 e. The third kappa shape index (κ3) is 5.26. The second-order valence-electron chi connectivity index (χ2n) is 6.04. The van der Waals surface area contributed by atoms with Gasteiger partial charge < -0.3 is 9.47 Å². The number of hydrogen-bond acceptors (Lipinski definition) is 6. The van der Waals surface area contributed by atoms with Crippen LogP contribution in [0.15, 0.2) is 42.5 Å². The molecule has 0 unspecified atom stereocenters. The minimum Gasteiger partial charge on any atom is -0.452 e. The van der Waals surface area contributed by atoms with Crippen LogP contribution in [0.1, 0.15) is 44.3 Å². The first-order valence-corrected chi connectivity index (χ1v) is 8.68. The summed E-state index contributed by atoms with van der Waals surface area (Å²) in [6.07, 6.45) is -0.922. The van der Waals surface area contributed by atoms with Gasteiger partial charge in [0.25, 0.3) is 5.91 Å². The van der Waals surface area contributed by atoms with Crippen molar-refractivity contribution in [2.75, 3.05) is 13.2 Å². The molecule has 0 atom stereocenters. The number of carbonyl (C=O) groups is 4. The fourth-order valence-corrected chi connectivity index (χ4v) is 2.51. The standard InChI is InChI=1S/C21H21NO6/c1-4-27-21(26)22-18(23)12-28-20(25)16-8-6-5-7-15(16)19(24)17-11-13(2)9-10-14(17)3/h5-11H,4,12H2,1-3H3,(H,22,23,26). The molecule has 0 heterocycles. The van der Waals surface area contributed by atoms with Crippen molar-refractivity contribution in [3.63, 3.8) is 0 Å². The number of hydrogen-bond donors (Lipinski definition) is 1. The highest BCUT2D eigenvalue weighted by atomic mass is 16.6. The molecule has 0 saturated carbocycles. The van der Waals surface area contributed by atoms with Crippen LogP contribution in [-0.2, 0) is 14.3 Å². The molecule has 0 saturated heterocycles. The number of rotatable bonds is 6. The van der Waals surface area contributed by atoms with Crippen molar-refractivity contribution in [2.24, 2.45) is 0 Å². The summed E-state index contributed by atoms with van der Waals surface area (Å²) in [5.41, 5.74) is 2.40. The van der Waals surface area contributed by atoms with Gasteiger partial charge in [0, 0.05) is 11.1 Å². The molecule has 0 aliphatic heterocycles. The number of alkyl carbamates (subject to hydrolysis) is 1. The van der Waals surface area contributed by atoms with Gasteiger partial charge in [-0.05, 0) is 38.5 Å². The van der Waals surface area contributed by atoms with Crippen molar-refractivity contribution < 1.29 is 28.7 Å². The van der Waals surface area contributed by atoms with E-state index in [1.807, 2.05) is 31.3 Å². The molecule has 7 heteroatoms. The zero-order chi connectivity index (χ0) is 20.7. The summed E-state index contributed by atoms with van der Waals surface area (Å²) in [5, 5.41) is 1.92. The average Bonchev–Trinajstić information content (AvgIpc) is 2.67. The summed E-state index contributed by atoms with van der Waals surface area (Å²) >= 11 is 0. The van der Waals surface area contributed by atoms with Crippen molar-refractivity contribution >= 4 is 23.8 Å². The fourth-order valence-electron chi connectivity index (χ4n) is 2.51. The first-order valence-electron chi connectivity index (χ1n) is 8.68. The number of carbonyl (C=O) groups excluding carboxylic acids is 4. The Morgan fingerprint density at radius 1 is 0.893 bits per heavy atom. The molecule has 0 aromatic heterocycles. The van der Waals surface area contributed by atoms with E-state index in [0.717, 1.165) is 11.1 Å². The van der Waals surface area contributed by atoms with Gasteiger partial charge in [0.2, 0.25) is 0 Å². The van der Waals surface area contributed by atoms with E-state index >= 15 is 0 Å². The Morgan fingerprint density at radius 3 is 2.25 bits per heavy atom. The van der Waals surface area contributed by atoms with Gasteiger partial charge in [0.15, 0.2) is 12.4 Å². The highest BCUT2D eigenvalue weighted by Crippen LogP contribution is 2.19. The SMILES string of the molecule is CCOC(=O)NC(=O)COC(=O)c1ccccc1C(=O)c1cc(C)ccc1C. The molecule has 0 aliphatic rings. The molecule has 1 N–H and O–H groups in total. The van der Waals surface area contributed by atoms with Crippen LogP contribution in [0.5, 0.6) is 0 Å². The number of imide groups is 1. The quantitative estimate of drug-likeness (QED) is 0.608. The molecule has 0 bridgehead atoms. The fraction of sp³-hybridized carbons (Fsp3) is 0.238. The maximum Gasteiger partial charge on any atom is 0.413 e. The second-order valence-corrected chi connectivity index (χ2v) is 6.04. The molecule has 0 fully saturated rings. The Morgan fingerprint density at radius 2 is 1.57 bits per heavy atom. The van der Waals surface area contributed by atoms with Crippen molar-refractivity contribution in [1.82, 2.24) is 5.32 Å². The van der Waals surface area contributed by atoms with Gasteiger partial charge in [-0.1, -0.05) is 35.9 Å². The van der Waals surface area contributed by atoms with Crippen molar-refractivity contribution in [2.45, 2.75) is 20.8 Å². The Hall–Kier alpha value is -3.48. The lowest BCUT2D eigenvalue weighted by atomic mass is 9.94. The minimum atomic E-state index is -0.922. The molecule has 28 heavy (non-hydrogen) atoms. The second kappa shape index (κ2) is 9.45. The number of ether oxygens (including phenoxy) is 2. The normalized spacial score (nSPS) is 10.1. The van der Waals surface area contributed by atoms with Crippen molar-refractivity contribution in [3.8, 4) is 0 Å². The van der Waals surface area contributed by atoms with E-state index in [9.17, 15) is 19.2 Å². The highest BCUT2D eigenvalue weighted by molar-refractivity contribution is 6.15. The van der Waals surface area contributed by atoms with Crippen LogP contribution in [0.2, 0.25) is 0 Å². The lowest BCUT2D eigenvalue weighted by Crippen LogP contribution is -2.34.